The molecule has 1 aliphatic rings. The van der Waals surface area contributed by atoms with E-state index in [4.69, 9.17) is 16.9 Å². The molecule has 0 amide bonds. The van der Waals surface area contributed by atoms with Gasteiger partial charge in [0.05, 0.1) is 10.6 Å². The van der Waals surface area contributed by atoms with Gasteiger partial charge in [-0.2, -0.15) is 5.26 Å². The van der Waals surface area contributed by atoms with Crippen LogP contribution in [-0.4, -0.2) is 36.8 Å². The third kappa shape index (κ3) is 2.40. The Morgan fingerprint density at radius 1 is 1.61 bits per heavy atom. The van der Waals surface area contributed by atoms with Crippen molar-refractivity contribution < 1.29 is 9.90 Å². The quantitative estimate of drug-likeness (QED) is 0.837. The van der Waals surface area contributed by atoms with E-state index in [2.05, 4.69) is 5.32 Å². The van der Waals surface area contributed by atoms with Gasteiger partial charge in [-0.15, -0.1) is 0 Å². The molecule has 1 fully saturated rings. The number of piperazine rings is 1. The number of hydrogen-bond acceptors (Lipinski definition) is 4. The minimum Gasteiger partial charge on any atom is -0.480 e. The molecule has 5 nitrogen and oxygen atoms in total. The predicted molar refractivity (Wildman–Crippen MR) is 67.8 cm³/mol. The molecule has 1 unspecified atom stereocenters. The molecule has 94 valence electrons. The van der Waals surface area contributed by atoms with Crippen LogP contribution in [0.25, 0.3) is 0 Å². The predicted octanol–water partition coefficient (Wildman–Crippen LogP) is 1.07. The largest absolute Gasteiger partial charge is 0.480 e. The van der Waals surface area contributed by atoms with E-state index in [0.29, 0.717) is 23.7 Å². The monoisotopic (exact) mass is 265 g/mol. The Balaban J connectivity index is 2.32. The molecule has 1 atom stereocenters. The van der Waals surface area contributed by atoms with E-state index in [0.717, 1.165) is 12.2 Å². The fourth-order valence-corrected chi connectivity index (χ4v) is 2.22. The van der Waals surface area contributed by atoms with Gasteiger partial charge >= 0.3 is 5.97 Å². The lowest BCUT2D eigenvalue weighted by Gasteiger charge is -2.35. The number of anilines is 1. The van der Waals surface area contributed by atoms with Crippen molar-refractivity contribution in [1.82, 2.24) is 5.32 Å². The zero-order valence-electron chi connectivity index (χ0n) is 9.56. The van der Waals surface area contributed by atoms with Crippen LogP contribution >= 0.6 is 11.6 Å². The van der Waals surface area contributed by atoms with Crippen molar-refractivity contribution >= 4 is 23.3 Å². The molecular formula is C12H12ClN3O2. The second-order valence-corrected chi connectivity index (χ2v) is 4.43. The van der Waals surface area contributed by atoms with Crippen molar-refractivity contribution in [3.8, 4) is 6.07 Å². The Labute approximate surface area is 110 Å². The molecule has 0 spiro atoms. The summed E-state index contributed by atoms with van der Waals surface area (Å²) in [5.74, 6) is -0.873. The number of carboxylic acid groups (broad SMARTS) is 1. The van der Waals surface area contributed by atoms with Crippen molar-refractivity contribution in [1.29, 1.82) is 5.26 Å². The summed E-state index contributed by atoms with van der Waals surface area (Å²) < 4.78 is 0. The third-order valence-electron chi connectivity index (χ3n) is 2.93. The minimum absolute atomic E-state index is 0.345. The Hall–Kier alpha value is -1.77. The lowest BCUT2D eigenvalue weighted by atomic mass is 10.1. The summed E-state index contributed by atoms with van der Waals surface area (Å²) in [4.78, 5) is 13.0. The Bertz CT molecular complexity index is 513. The average Bonchev–Trinajstić information content (AvgIpc) is 2.38. The highest BCUT2D eigenvalue weighted by Gasteiger charge is 2.28. The fraction of sp³-hybridized carbons (Fsp3) is 0.333. The highest BCUT2D eigenvalue weighted by Crippen LogP contribution is 2.25. The molecule has 0 aromatic heterocycles. The van der Waals surface area contributed by atoms with Crippen molar-refractivity contribution in [2.45, 2.75) is 6.04 Å². The summed E-state index contributed by atoms with van der Waals surface area (Å²) in [7, 11) is 0. The van der Waals surface area contributed by atoms with Crippen LogP contribution in [0.3, 0.4) is 0 Å². The van der Waals surface area contributed by atoms with E-state index in [1.165, 1.54) is 0 Å². The van der Waals surface area contributed by atoms with Crippen LogP contribution in [0.15, 0.2) is 18.2 Å². The van der Waals surface area contributed by atoms with Gasteiger partial charge in [-0.05, 0) is 18.2 Å². The first-order chi connectivity index (χ1) is 8.63. The number of aliphatic carboxylic acids is 1. The molecule has 0 bridgehead atoms. The average molecular weight is 266 g/mol. The van der Waals surface area contributed by atoms with Crippen molar-refractivity contribution in [2.24, 2.45) is 0 Å². The minimum atomic E-state index is -0.873. The van der Waals surface area contributed by atoms with Crippen molar-refractivity contribution in [3.05, 3.63) is 28.8 Å². The van der Waals surface area contributed by atoms with E-state index in [9.17, 15) is 9.90 Å². The standard InChI is InChI=1S/C12H12ClN3O2/c13-10-5-9(2-1-8(10)6-14)16-4-3-15-7-11(16)12(17)18/h1-2,5,11,15H,3-4,7H2,(H,17,18). The molecule has 1 heterocycles. The number of halogens is 1. The summed E-state index contributed by atoms with van der Waals surface area (Å²) in [5, 5.41) is 21.4. The van der Waals surface area contributed by atoms with E-state index in [1.807, 2.05) is 6.07 Å². The van der Waals surface area contributed by atoms with E-state index in [-0.39, 0.29) is 0 Å². The fourth-order valence-electron chi connectivity index (χ4n) is 2.01. The zero-order valence-corrected chi connectivity index (χ0v) is 10.3. The van der Waals surface area contributed by atoms with Crippen LogP contribution in [0, 0.1) is 11.3 Å². The molecule has 1 saturated heterocycles. The number of benzene rings is 1. The molecule has 2 N–H and O–H groups in total. The van der Waals surface area contributed by atoms with Gasteiger partial charge in [0.2, 0.25) is 0 Å². The van der Waals surface area contributed by atoms with Gasteiger partial charge in [-0.3, -0.25) is 0 Å². The van der Waals surface area contributed by atoms with Gasteiger partial charge in [0.15, 0.2) is 0 Å². The summed E-state index contributed by atoms with van der Waals surface area (Å²) in [6.45, 7) is 1.72. The maximum absolute atomic E-state index is 11.2. The SMILES string of the molecule is N#Cc1ccc(N2CCNCC2C(=O)O)cc1Cl. The lowest BCUT2D eigenvalue weighted by Crippen LogP contribution is -2.55. The topological polar surface area (TPSA) is 76.4 Å². The van der Waals surface area contributed by atoms with Gasteiger partial charge in [0, 0.05) is 25.3 Å². The number of carboxylic acids is 1. The van der Waals surface area contributed by atoms with Gasteiger partial charge in [-0.1, -0.05) is 11.6 Å². The molecular weight excluding hydrogens is 254 g/mol. The van der Waals surface area contributed by atoms with Crippen molar-refractivity contribution in [3.63, 3.8) is 0 Å². The Morgan fingerprint density at radius 2 is 2.39 bits per heavy atom. The summed E-state index contributed by atoms with van der Waals surface area (Å²) in [5.41, 5.74) is 1.12. The second-order valence-electron chi connectivity index (χ2n) is 4.03. The highest BCUT2D eigenvalue weighted by molar-refractivity contribution is 6.32. The van der Waals surface area contributed by atoms with Crippen LogP contribution in [0.5, 0.6) is 0 Å². The van der Waals surface area contributed by atoms with Gasteiger partial charge in [0.1, 0.15) is 12.1 Å². The second kappa shape index (κ2) is 5.25. The maximum Gasteiger partial charge on any atom is 0.327 e. The van der Waals surface area contributed by atoms with Gasteiger partial charge < -0.3 is 15.3 Å². The van der Waals surface area contributed by atoms with Crippen LogP contribution in [0.1, 0.15) is 5.56 Å². The first kappa shape index (κ1) is 12.7. The van der Waals surface area contributed by atoms with Crippen LogP contribution in [-0.2, 0) is 4.79 Å². The number of carbonyl (C=O) groups is 1. The van der Waals surface area contributed by atoms with E-state index < -0.39 is 12.0 Å². The zero-order chi connectivity index (χ0) is 13.1. The molecule has 1 aromatic carbocycles. The number of nitriles is 1. The maximum atomic E-state index is 11.2. The number of nitrogens with one attached hydrogen (secondary N) is 1. The third-order valence-corrected chi connectivity index (χ3v) is 3.25. The number of nitrogens with zero attached hydrogens (tertiary/aromatic N) is 2. The molecule has 1 aromatic rings. The number of hydrogen-bond donors (Lipinski definition) is 2. The Kier molecular flexibility index (Phi) is 3.70. The molecule has 18 heavy (non-hydrogen) atoms. The summed E-state index contributed by atoms with van der Waals surface area (Å²) in [6.07, 6.45) is 0. The Morgan fingerprint density at radius 3 is 3.00 bits per heavy atom. The molecule has 2 rings (SSSR count). The smallest absolute Gasteiger partial charge is 0.327 e. The highest BCUT2D eigenvalue weighted by atomic mass is 35.5. The van der Waals surface area contributed by atoms with Crippen LogP contribution in [0.2, 0.25) is 5.02 Å². The molecule has 1 aliphatic heterocycles. The molecule has 0 aliphatic carbocycles. The molecule has 0 radical (unpaired) electrons. The van der Waals surface area contributed by atoms with Gasteiger partial charge in [-0.25, -0.2) is 4.79 Å². The number of rotatable bonds is 2. The van der Waals surface area contributed by atoms with E-state index >= 15 is 0 Å². The van der Waals surface area contributed by atoms with Crippen molar-refractivity contribution in [2.75, 3.05) is 24.5 Å². The van der Waals surface area contributed by atoms with Gasteiger partial charge in [0.25, 0.3) is 0 Å². The summed E-state index contributed by atoms with van der Waals surface area (Å²) in [6, 6.07) is 6.35. The first-order valence-electron chi connectivity index (χ1n) is 5.53. The molecule has 6 heteroatoms. The van der Waals surface area contributed by atoms with Crippen LogP contribution in [0.4, 0.5) is 5.69 Å². The molecule has 0 saturated carbocycles. The normalized spacial score (nSPS) is 19.3. The lowest BCUT2D eigenvalue weighted by molar-refractivity contribution is -0.138. The first-order valence-corrected chi connectivity index (χ1v) is 5.91. The summed E-state index contributed by atoms with van der Waals surface area (Å²) >= 11 is 5.96. The van der Waals surface area contributed by atoms with E-state index in [1.54, 1.807) is 23.1 Å². The van der Waals surface area contributed by atoms with Crippen LogP contribution < -0.4 is 10.2 Å².